The number of carbonyl (C=O) groups is 2. The second kappa shape index (κ2) is 11.2. The number of piperazine rings is 1. The van der Waals surface area contributed by atoms with Crippen molar-refractivity contribution in [2.24, 2.45) is 0 Å². The van der Waals surface area contributed by atoms with Crippen molar-refractivity contribution in [1.29, 1.82) is 0 Å². The summed E-state index contributed by atoms with van der Waals surface area (Å²) in [7, 11) is 0. The summed E-state index contributed by atoms with van der Waals surface area (Å²) in [6.07, 6.45) is 2.94. The zero-order valence-electron chi connectivity index (χ0n) is 22.5. The molecule has 1 aromatic heterocycles. The fourth-order valence-corrected chi connectivity index (χ4v) is 6.58. The van der Waals surface area contributed by atoms with Gasteiger partial charge in [0.05, 0.1) is 29.3 Å². The van der Waals surface area contributed by atoms with E-state index in [0.717, 1.165) is 44.3 Å². The molecule has 1 amide bonds. The summed E-state index contributed by atoms with van der Waals surface area (Å²) in [6.45, 7) is 4.33. The predicted molar refractivity (Wildman–Crippen MR) is 161 cm³/mol. The molecule has 8 heteroatoms. The minimum absolute atomic E-state index is 0.0511. The van der Waals surface area contributed by atoms with Gasteiger partial charge in [0.25, 0.3) is 11.5 Å². The summed E-state index contributed by atoms with van der Waals surface area (Å²) in [6, 6.07) is 22.0. The Labute approximate surface area is 237 Å². The molecular formula is C32H31N3O4S. The number of rotatable bonds is 6. The van der Waals surface area contributed by atoms with Crippen molar-refractivity contribution in [3.05, 3.63) is 99.2 Å². The molecule has 204 valence electrons. The highest BCUT2D eigenvalue weighted by molar-refractivity contribution is 8.04. The SMILES string of the molecule is CCOC(=O)c1c(N2CCN(C(=O)C3=CCCS3)CC2)c2ccccc2n(Cc2ccc3ccccc3c2)c1=O. The fourth-order valence-electron chi connectivity index (χ4n) is 5.64. The van der Waals surface area contributed by atoms with E-state index in [4.69, 9.17) is 4.74 Å². The van der Waals surface area contributed by atoms with Gasteiger partial charge < -0.3 is 19.1 Å². The van der Waals surface area contributed by atoms with Crippen molar-refractivity contribution in [3.63, 3.8) is 0 Å². The van der Waals surface area contributed by atoms with Crippen LogP contribution in [-0.4, -0.2) is 59.9 Å². The zero-order chi connectivity index (χ0) is 27.6. The first-order chi connectivity index (χ1) is 19.5. The Morgan fingerprint density at radius 3 is 2.42 bits per heavy atom. The molecule has 3 aromatic carbocycles. The number of ether oxygens (including phenoxy) is 1. The monoisotopic (exact) mass is 553 g/mol. The van der Waals surface area contributed by atoms with Gasteiger partial charge in [0.1, 0.15) is 5.56 Å². The quantitative estimate of drug-likeness (QED) is 0.311. The van der Waals surface area contributed by atoms with E-state index in [1.807, 2.05) is 53.4 Å². The van der Waals surface area contributed by atoms with Gasteiger partial charge in [0.2, 0.25) is 0 Å². The van der Waals surface area contributed by atoms with E-state index in [2.05, 4.69) is 29.2 Å². The minimum atomic E-state index is -0.619. The molecule has 1 fully saturated rings. The van der Waals surface area contributed by atoms with E-state index >= 15 is 0 Å². The Bertz CT molecular complexity index is 1700. The lowest BCUT2D eigenvalue weighted by Crippen LogP contribution is -2.50. The van der Waals surface area contributed by atoms with Crippen LogP contribution in [0.5, 0.6) is 0 Å². The van der Waals surface area contributed by atoms with Crippen LogP contribution in [0.1, 0.15) is 29.3 Å². The number of benzene rings is 3. The smallest absolute Gasteiger partial charge is 0.345 e. The highest BCUT2D eigenvalue weighted by Gasteiger charge is 2.31. The second-order valence-electron chi connectivity index (χ2n) is 10.0. The van der Waals surface area contributed by atoms with Gasteiger partial charge in [0, 0.05) is 37.3 Å². The highest BCUT2D eigenvalue weighted by Crippen LogP contribution is 2.32. The molecule has 0 N–H and O–H groups in total. The maximum atomic E-state index is 14.1. The number of nitrogens with zero attached hydrogens (tertiary/aromatic N) is 3. The third kappa shape index (κ3) is 4.88. The Morgan fingerprint density at radius 1 is 0.925 bits per heavy atom. The number of pyridine rings is 1. The number of anilines is 1. The van der Waals surface area contributed by atoms with Crippen LogP contribution in [-0.2, 0) is 16.1 Å². The van der Waals surface area contributed by atoms with Gasteiger partial charge in [-0.2, -0.15) is 0 Å². The van der Waals surface area contributed by atoms with Crippen molar-refractivity contribution in [2.75, 3.05) is 43.4 Å². The number of esters is 1. The lowest BCUT2D eigenvalue weighted by atomic mass is 10.0. The second-order valence-corrected chi connectivity index (χ2v) is 11.2. The molecule has 1 saturated heterocycles. The van der Waals surface area contributed by atoms with Crippen LogP contribution < -0.4 is 10.5 Å². The van der Waals surface area contributed by atoms with Crippen LogP contribution in [0.3, 0.4) is 0 Å². The molecule has 0 atom stereocenters. The van der Waals surface area contributed by atoms with E-state index in [9.17, 15) is 14.4 Å². The Morgan fingerprint density at radius 2 is 1.68 bits per heavy atom. The van der Waals surface area contributed by atoms with Gasteiger partial charge in [-0.3, -0.25) is 9.59 Å². The average molecular weight is 554 g/mol. The van der Waals surface area contributed by atoms with Crippen LogP contribution >= 0.6 is 11.8 Å². The number of fused-ring (bicyclic) bond motifs is 2. The molecule has 40 heavy (non-hydrogen) atoms. The first-order valence-electron chi connectivity index (χ1n) is 13.7. The maximum Gasteiger partial charge on any atom is 0.345 e. The van der Waals surface area contributed by atoms with E-state index in [1.165, 1.54) is 0 Å². The molecule has 0 radical (unpaired) electrons. The highest BCUT2D eigenvalue weighted by atomic mass is 32.2. The van der Waals surface area contributed by atoms with Crippen LogP contribution in [0.25, 0.3) is 21.7 Å². The van der Waals surface area contributed by atoms with E-state index in [-0.39, 0.29) is 23.6 Å². The normalized spacial score (nSPS) is 15.5. The van der Waals surface area contributed by atoms with Crippen molar-refractivity contribution in [1.82, 2.24) is 9.47 Å². The van der Waals surface area contributed by atoms with Gasteiger partial charge in [0.15, 0.2) is 0 Å². The molecule has 0 saturated carbocycles. The molecule has 2 aliphatic rings. The number of para-hydroxylation sites is 1. The largest absolute Gasteiger partial charge is 0.462 e. The maximum absolute atomic E-state index is 14.1. The Balaban J connectivity index is 1.41. The van der Waals surface area contributed by atoms with E-state index in [0.29, 0.717) is 38.4 Å². The molecule has 4 aromatic rings. The molecule has 3 heterocycles. The zero-order valence-corrected chi connectivity index (χ0v) is 23.3. The number of thioether (sulfide) groups is 1. The molecule has 2 aliphatic heterocycles. The molecule has 7 nitrogen and oxygen atoms in total. The standard InChI is InChI=1S/C32H31N3O4S/c1-2-39-32(38)28-29(33-15-17-34(18-16-33)30(36)27-12-7-19-40-27)25-10-5-6-11-26(25)35(31(28)37)21-22-13-14-23-8-3-4-9-24(23)20-22/h3-6,8-14,20H,2,7,15-19,21H2,1H3. The van der Waals surface area contributed by atoms with Crippen molar-refractivity contribution >= 4 is 51.0 Å². The predicted octanol–water partition coefficient (Wildman–Crippen LogP) is 5.05. The summed E-state index contributed by atoms with van der Waals surface area (Å²) in [5.74, 6) is 0.403. The van der Waals surface area contributed by atoms with E-state index in [1.54, 1.807) is 23.3 Å². The van der Waals surface area contributed by atoms with Gasteiger partial charge in [-0.05, 0) is 41.8 Å². The average Bonchev–Trinajstić information content (AvgIpc) is 3.53. The molecule has 0 spiro atoms. The first-order valence-corrected chi connectivity index (χ1v) is 14.7. The number of hydrogen-bond donors (Lipinski definition) is 0. The Kier molecular flexibility index (Phi) is 7.34. The third-order valence-electron chi connectivity index (χ3n) is 7.58. The Hall–Kier alpha value is -4.04. The van der Waals surface area contributed by atoms with Crippen molar-refractivity contribution in [3.8, 4) is 0 Å². The first kappa shape index (κ1) is 26.2. The topological polar surface area (TPSA) is 71.8 Å². The summed E-state index contributed by atoms with van der Waals surface area (Å²) < 4.78 is 7.10. The van der Waals surface area contributed by atoms with Crippen molar-refractivity contribution in [2.45, 2.75) is 19.9 Å². The number of allylic oxidation sites excluding steroid dienone is 1. The summed E-state index contributed by atoms with van der Waals surface area (Å²) >= 11 is 1.61. The van der Waals surface area contributed by atoms with Gasteiger partial charge in [-0.15, -0.1) is 11.8 Å². The molecule has 0 unspecified atom stereocenters. The van der Waals surface area contributed by atoms with Gasteiger partial charge in [-0.25, -0.2) is 4.79 Å². The summed E-state index contributed by atoms with van der Waals surface area (Å²) in [5.41, 5.74) is 2.01. The number of hydrogen-bond acceptors (Lipinski definition) is 6. The van der Waals surface area contributed by atoms with E-state index < -0.39 is 5.97 Å². The van der Waals surface area contributed by atoms with Crippen LogP contribution in [0.2, 0.25) is 0 Å². The number of carbonyl (C=O) groups excluding carboxylic acids is 2. The van der Waals surface area contributed by atoms with Gasteiger partial charge in [-0.1, -0.05) is 60.7 Å². The van der Waals surface area contributed by atoms with Crippen LogP contribution in [0.4, 0.5) is 5.69 Å². The molecular weight excluding hydrogens is 522 g/mol. The molecule has 6 rings (SSSR count). The van der Waals surface area contributed by atoms with Crippen molar-refractivity contribution < 1.29 is 14.3 Å². The number of aromatic nitrogens is 1. The van der Waals surface area contributed by atoms with Crippen LogP contribution in [0, 0.1) is 0 Å². The lowest BCUT2D eigenvalue weighted by Gasteiger charge is -2.37. The third-order valence-corrected chi connectivity index (χ3v) is 8.67. The number of amides is 1. The van der Waals surface area contributed by atoms with Gasteiger partial charge >= 0.3 is 5.97 Å². The molecule has 0 bridgehead atoms. The lowest BCUT2D eigenvalue weighted by molar-refractivity contribution is -0.126. The summed E-state index contributed by atoms with van der Waals surface area (Å²) in [5, 5.41) is 3.05. The fraction of sp³-hybridized carbons (Fsp3) is 0.281. The summed E-state index contributed by atoms with van der Waals surface area (Å²) in [4.78, 5) is 45.2. The minimum Gasteiger partial charge on any atom is -0.462 e. The molecule has 0 aliphatic carbocycles. The van der Waals surface area contributed by atoms with Crippen LogP contribution in [0.15, 0.2) is 82.5 Å².